The minimum Gasteiger partial charge on any atom is -0.322 e. The van der Waals surface area contributed by atoms with Crippen molar-refractivity contribution in [3.8, 4) is 0 Å². The predicted molar refractivity (Wildman–Crippen MR) is 88.1 cm³/mol. The minimum atomic E-state index is -0.0378. The number of benzene rings is 1. The third-order valence-electron chi connectivity index (χ3n) is 4.32. The second-order valence-electron chi connectivity index (χ2n) is 5.62. The second-order valence-corrected chi connectivity index (χ2v) is 6.03. The van der Waals surface area contributed by atoms with Crippen LogP contribution in [0, 0.1) is 6.92 Å². The molecule has 0 aromatic heterocycles. The van der Waals surface area contributed by atoms with Crippen molar-refractivity contribution >= 4 is 23.3 Å². The fraction of sp³-hybridized carbons (Fsp3) is 0.562. The highest BCUT2D eigenvalue weighted by atomic mass is 35.5. The van der Waals surface area contributed by atoms with Gasteiger partial charge in [0.15, 0.2) is 0 Å². The fourth-order valence-electron chi connectivity index (χ4n) is 2.56. The lowest BCUT2D eigenvalue weighted by Crippen LogP contribution is -2.52. The molecule has 5 heteroatoms. The van der Waals surface area contributed by atoms with Crippen LogP contribution >= 0.6 is 11.6 Å². The molecular formula is C16H24ClN3O. The summed E-state index contributed by atoms with van der Waals surface area (Å²) in [4.78, 5) is 16.6. The smallest absolute Gasteiger partial charge is 0.321 e. The molecule has 1 aromatic carbocycles. The van der Waals surface area contributed by atoms with Crippen molar-refractivity contribution in [1.29, 1.82) is 0 Å². The SMILES string of the molecule is CCC(C)N1CCN(C(=O)Nc2cccc(Cl)c2C)CC1. The van der Waals surface area contributed by atoms with Gasteiger partial charge in [0.2, 0.25) is 0 Å². The molecule has 1 unspecified atom stereocenters. The van der Waals surface area contributed by atoms with Gasteiger partial charge in [-0.1, -0.05) is 24.6 Å². The number of hydrogen-bond donors (Lipinski definition) is 1. The number of piperazine rings is 1. The molecule has 1 aliphatic rings. The fourth-order valence-corrected chi connectivity index (χ4v) is 2.74. The van der Waals surface area contributed by atoms with Crippen LogP contribution in [-0.4, -0.2) is 48.1 Å². The summed E-state index contributed by atoms with van der Waals surface area (Å²) in [6.45, 7) is 9.79. The van der Waals surface area contributed by atoms with Crippen LogP contribution in [0.15, 0.2) is 18.2 Å². The summed E-state index contributed by atoms with van der Waals surface area (Å²) < 4.78 is 0. The van der Waals surface area contributed by atoms with E-state index in [0.29, 0.717) is 11.1 Å². The van der Waals surface area contributed by atoms with Crippen molar-refractivity contribution in [2.24, 2.45) is 0 Å². The van der Waals surface area contributed by atoms with E-state index in [-0.39, 0.29) is 6.03 Å². The Morgan fingerprint density at radius 2 is 2.00 bits per heavy atom. The first-order valence-corrected chi connectivity index (χ1v) is 7.95. The van der Waals surface area contributed by atoms with Crippen molar-refractivity contribution in [2.75, 3.05) is 31.5 Å². The van der Waals surface area contributed by atoms with E-state index >= 15 is 0 Å². The number of carbonyl (C=O) groups excluding carboxylic acids is 1. The van der Waals surface area contributed by atoms with Gasteiger partial charge in [-0.25, -0.2) is 4.79 Å². The quantitative estimate of drug-likeness (QED) is 0.926. The molecule has 21 heavy (non-hydrogen) atoms. The Hall–Kier alpha value is -1.26. The number of carbonyl (C=O) groups is 1. The normalized spacial score (nSPS) is 17.6. The van der Waals surface area contributed by atoms with Crippen LogP contribution < -0.4 is 5.32 Å². The molecule has 0 saturated carbocycles. The molecule has 4 nitrogen and oxygen atoms in total. The van der Waals surface area contributed by atoms with E-state index in [1.54, 1.807) is 0 Å². The first-order valence-electron chi connectivity index (χ1n) is 7.58. The van der Waals surface area contributed by atoms with Crippen LogP contribution in [0.5, 0.6) is 0 Å². The maximum atomic E-state index is 12.3. The maximum Gasteiger partial charge on any atom is 0.321 e. The van der Waals surface area contributed by atoms with Gasteiger partial charge in [0.1, 0.15) is 0 Å². The molecule has 0 bridgehead atoms. The Morgan fingerprint density at radius 1 is 1.33 bits per heavy atom. The molecule has 1 aliphatic heterocycles. The zero-order chi connectivity index (χ0) is 15.4. The van der Waals surface area contributed by atoms with E-state index in [1.807, 2.05) is 30.0 Å². The van der Waals surface area contributed by atoms with Crippen LogP contribution in [0.2, 0.25) is 5.02 Å². The molecule has 116 valence electrons. The van der Waals surface area contributed by atoms with Crippen LogP contribution in [0.1, 0.15) is 25.8 Å². The zero-order valence-electron chi connectivity index (χ0n) is 13.0. The number of nitrogens with zero attached hydrogens (tertiary/aromatic N) is 2. The van der Waals surface area contributed by atoms with Gasteiger partial charge in [0.05, 0.1) is 0 Å². The standard InChI is InChI=1S/C16H24ClN3O/c1-4-12(2)19-8-10-20(11-9-19)16(21)18-15-7-5-6-14(17)13(15)3/h5-7,12H,4,8-11H2,1-3H3,(H,18,21). The highest BCUT2D eigenvalue weighted by Crippen LogP contribution is 2.23. The molecule has 1 aromatic rings. The number of hydrogen-bond acceptors (Lipinski definition) is 2. The van der Waals surface area contributed by atoms with E-state index in [1.165, 1.54) is 0 Å². The minimum absolute atomic E-state index is 0.0378. The lowest BCUT2D eigenvalue weighted by Gasteiger charge is -2.37. The first-order chi connectivity index (χ1) is 10.0. The molecule has 1 N–H and O–H groups in total. The number of nitrogens with one attached hydrogen (secondary N) is 1. The van der Waals surface area contributed by atoms with E-state index in [4.69, 9.17) is 11.6 Å². The van der Waals surface area contributed by atoms with Gasteiger partial charge in [0.25, 0.3) is 0 Å². The van der Waals surface area contributed by atoms with Gasteiger partial charge < -0.3 is 10.2 Å². The van der Waals surface area contributed by atoms with E-state index in [0.717, 1.165) is 43.9 Å². The van der Waals surface area contributed by atoms with E-state index in [2.05, 4.69) is 24.1 Å². The van der Waals surface area contributed by atoms with Gasteiger partial charge in [0, 0.05) is 42.9 Å². The van der Waals surface area contributed by atoms with Crippen LogP contribution in [0.25, 0.3) is 0 Å². The van der Waals surface area contributed by atoms with Crippen molar-refractivity contribution in [1.82, 2.24) is 9.80 Å². The zero-order valence-corrected chi connectivity index (χ0v) is 13.8. The van der Waals surface area contributed by atoms with E-state index < -0.39 is 0 Å². The lowest BCUT2D eigenvalue weighted by atomic mass is 10.2. The van der Waals surface area contributed by atoms with Crippen molar-refractivity contribution in [3.05, 3.63) is 28.8 Å². The Morgan fingerprint density at radius 3 is 2.62 bits per heavy atom. The van der Waals surface area contributed by atoms with Crippen molar-refractivity contribution in [3.63, 3.8) is 0 Å². The topological polar surface area (TPSA) is 35.6 Å². The average Bonchev–Trinajstić information content (AvgIpc) is 2.51. The molecule has 1 atom stereocenters. The molecule has 0 spiro atoms. The molecular weight excluding hydrogens is 286 g/mol. The van der Waals surface area contributed by atoms with E-state index in [9.17, 15) is 4.79 Å². The largest absolute Gasteiger partial charge is 0.322 e. The average molecular weight is 310 g/mol. The van der Waals surface area contributed by atoms with Crippen molar-refractivity contribution < 1.29 is 4.79 Å². The predicted octanol–water partition coefficient (Wildman–Crippen LogP) is 3.60. The summed E-state index contributed by atoms with van der Waals surface area (Å²) in [7, 11) is 0. The monoisotopic (exact) mass is 309 g/mol. The van der Waals surface area contributed by atoms with Gasteiger partial charge >= 0.3 is 6.03 Å². The number of urea groups is 1. The van der Waals surface area contributed by atoms with Crippen LogP contribution in [0.3, 0.4) is 0 Å². The summed E-state index contributed by atoms with van der Waals surface area (Å²) in [6.07, 6.45) is 1.15. The molecule has 0 radical (unpaired) electrons. The van der Waals surface area contributed by atoms with Gasteiger partial charge in [-0.3, -0.25) is 4.90 Å². The molecule has 1 fully saturated rings. The number of halogens is 1. The van der Waals surface area contributed by atoms with Gasteiger partial charge in [-0.05, 0) is 38.0 Å². The maximum absolute atomic E-state index is 12.3. The second kappa shape index (κ2) is 7.14. The highest BCUT2D eigenvalue weighted by Gasteiger charge is 2.23. The summed E-state index contributed by atoms with van der Waals surface area (Å²) in [5.41, 5.74) is 1.70. The third-order valence-corrected chi connectivity index (χ3v) is 4.73. The van der Waals surface area contributed by atoms with Gasteiger partial charge in [-0.15, -0.1) is 0 Å². The van der Waals surface area contributed by atoms with Crippen molar-refractivity contribution in [2.45, 2.75) is 33.2 Å². The Kier molecular flexibility index (Phi) is 5.48. The number of rotatable bonds is 3. The number of amides is 2. The molecule has 2 rings (SSSR count). The Bertz CT molecular complexity index is 498. The summed E-state index contributed by atoms with van der Waals surface area (Å²) >= 11 is 6.08. The molecule has 1 heterocycles. The lowest BCUT2D eigenvalue weighted by molar-refractivity contribution is 0.117. The van der Waals surface area contributed by atoms with Crippen LogP contribution in [0.4, 0.5) is 10.5 Å². The highest BCUT2D eigenvalue weighted by molar-refractivity contribution is 6.31. The van der Waals surface area contributed by atoms with Gasteiger partial charge in [-0.2, -0.15) is 0 Å². The third kappa shape index (κ3) is 3.89. The van der Waals surface area contributed by atoms with Crippen LogP contribution in [-0.2, 0) is 0 Å². The molecule has 2 amide bonds. The first kappa shape index (κ1) is 16.1. The number of anilines is 1. The summed E-state index contributed by atoms with van der Waals surface area (Å²) in [5, 5.41) is 3.64. The molecule has 1 saturated heterocycles. The summed E-state index contributed by atoms with van der Waals surface area (Å²) in [5.74, 6) is 0. The molecule has 0 aliphatic carbocycles. The Balaban J connectivity index is 1.92. The summed E-state index contributed by atoms with van der Waals surface area (Å²) in [6, 6.07) is 6.12. The Labute approximate surface area is 132 Å².